The molecule has 3 aromatic heterocycles. The molecule has 7 nitrogen and oxygen atoms in total. The second kappa shape index (κ2) is 8.57. The lowest BCUT2D eigenvalue weighted by atomic mass is 10.2. The topological polar surface area (TPSA) is 97.3 Å². The Balaban J connectivity index is 1.33. The fourth-order valence-electron chi connectivity index (χ4n) is 3.53. The molecule has 0 fully saturated rings. The molecular weight excluding hydrogens is 456 g/mol. The molecule has 9 heteroatoms. The van der Waals surface area contributed by atoms with Gasteiger partial charge in [-0.15, -0.1) is 0 Å². The fraction of sp³-hybridized carbons (Fsp3) is 0.0417. The molecule has 0 radical (unpaired) electrons. The summed E-state index contributed by atoms with van der Waals surface area (Å²) in [6.45, 7) is 1.96. The van der Waals surface area contributed by atoms with E-state index < -0.39 is 0 Å². The van der Waals surface area contributed by atoms with Gasteiger partial charge in [0, 0.05) is 17.4 Å². The van der Waals surface area contributed by atoms with Crippen LogP contribution in [0.3, 0.4) is 0 Å². The quantitative estimate of drug-likeness (QED) is 0.214. The smallest absolute Gasteiger partial charge is 0.255 e. The Morgan fingerprint density at radius 2 is 1.85 bits per heavy atom. The first-order valence-electron chi connectivity index (χ1n) is 10.1. The van der Waals surface area contributed by atoms with Crippen molar-refractivity contribution in [1.29, 1.82) is 0 Å². The van der Waals surface area contributed by atoms with Gasteiger partial charge in [0.2, 0.25) is 0 Å². The van der Waals surface area contributed by atoms with E-state index in [1.807, 2.05) is 53.8 Å². The van der Waals surface area contributed by atoms with Crippen LogP contribution < -0.4 is 16.4 Å². The van der Waals surface area contributed by atoms with E-state index in [0.717, 1.165) is 32.7 Å². The zero-order valence-electron chi connectivity index (χ0n) is 17.5. The van der Waals surface area contributed by atoms with Gasteiger partial charge in [-0.05, 0) is 55.5 Å². The lowest BCUT2D eigenvalue weighted by Crippen LogP contribution is -2.13. The number of hydrogen-bond donors (Lipinski definition) is 3. The van der Waals surface area contributed by atoms with E-state index in [1.54, 1.807) is 30.5 Å². The summed E-state index contributed by atoms with van der Waals surface area (Å²) in [6.07, 6.45) is 1.80. The van der Waals surface area contributed by atoms with Crippen LogP contribution in [-0.4, -0.2) is 20.3 Å². The van der Waals surface area contributed by atoms with E-state index in [1.165, 1.54) is 11.3 Å². The van der Waals surface area contributed by atoms with Crippen molar-refractivity contribution >= 4 is 56.7 Å². The minimum absolute atomic E-state index is 0.226. The number of aromatic nitrogens is 3. The predicted molar refractivity (Wildman–Crippen MR) is 135 cm³/mol. The summed E-state index contributed by atoms with van der Waals surface area (Å²) >= 11 is 7.92. The summed E-state index contributed by atoms with van der Waals surface area (Å²) in [6, 6.07) is 20.0. The highest BCUT2D eigenvalue weighted by Gasteiger charge is 2.16. The Bertz CT molecular complexity index is 1470. The van der Waals surface area contributed by atoms with Gasteiger partial charge in [-0.1, -0.05) is 41.1 Å². The van der Waals surface area contributed by atoms with Gasteiger partial charge < -0.3 is 16.4 Å². The maximum Gasteiger partial charge on any atom is 0.255 e. The van der Waals surface area contributed by atoms with E-state index in [-0.39, 0.29) is 5.91 Å². The number of carbonyl (C=O) groups is 1. The highest BCUT2D eigenvalue weighted by atomic mass is 35.5. The molecule has 0 saturated carbocycles. The third kappa shape index (κ3) is 4.13. The lowest BCUT2D eigenvalue weighted by molar-refractivity contribution is 0.102. The first-order chi connectivity index (χ1) is 16.0. The summed E-state index contributed by atoms with van der Waals surface area (Å²) < 4.78 is 1.92. The van der Waals surface area contributed by atoms with Crippen molar-refractivity contribution in [2.45, 2.75) is 6.92 Å². The minimum atomic E-state index is -0.226. The summed E-state index contributed by atoms with van der Waals surface area (Å²) in [5, 5.41) is 7.43. The molecule has 4 N–H and O–H groups in total. The van der Waals surface area contributed by atoms with E-state index in [0.29, 0.717) is 22.1 Å². The number of benzene rings is 2. The number of imidazole rings is 1. The van der Waals surface area contributed by atoms with Gasteiger partial charge in [0.1, 0.15) is 10.8 Å². The van der Waals surface area contributed by atoms with Crippen LogP contribution in [0.15, 0.2) is 72.9 Å². The number of anilines is 4. The maximum absolute atomic E-state index is 12.5. The van der Waals surface area contributed by atoms with Crippen molar-refractivity contribution < 1.29 is 4.79 Å². The van der Waals surface area contributed by atoms with Crippen LogP contribution >= 0.6 is 22.9 Å². The van der Waals surface area contributed by atoms with Crippen LogP contribution in [0.4, 0.5) is 22.2 Å². The molecular formula is C24H19ClN6OS. The Morgan fingerprint density at radius 3 is 2.64 bits per heavy atom. The number of para-hydroxylation sites is 2. The third-order valence-corrected chi connectivity index (χ3v) is 6.33. The van der Waals surface area contributed by atoms with Crippen LogP contribution in [0.1, 0.15) is 16.1 Å². The number of nitrogen functional groups attached to an aromatic ring is 1. The van der Waals surface area contributed by atoms with Crippen LogP contribution in [0.2, 0.25) is 5.15 Å². The minimum Gasteiger partial charge on any atom is -0.397 e. The summed E-state index contributed by atoms with van der Waals surface area (Å²) in [4.78, 5) is 22.6. The predicted octanol–water partition coefficient (Wildman–Crippen LogP) is 6.00. The maximum atomic E-state index is 12.5. The number of thiazole rings is 1. The normalized spacial score (nSPS) is 11.0. The van der Waals surface area contributed by atoms with Gasteiger partial charge in [0.05, 0.1) is 27.6 Å². The molecule has 0 saturated heterocycles. The average Bonchev–Trinajstić information content (AvgIpc) is 3.39. The Kier molecular flexibility index (Phi) is 5.45. The summed E-state index contributed by atoms with van der Waals surface area (Å²) in [5.41, 5.74) is 11.0. The molecule has 0 aliphatic heterocycles. The molecule has 0 unspecified atom stereocenters. The van der Waals surface area contributed by atoms with Crippen molar-refractivity contribution in [3.05, 3.63) is 89.3 Å². The molecule has 164 valence electrons. The van der Waals surface area contributed by atoms with Crippen molar-refractivity contribution in [3.8, 4) is 10.6 Å². The van der Waals surface area contributed by atoms with Crippen molar-refractivity contribution in [2.24, 2.45) is 0 Å². The number of nitrogens with zero attached hydrogens (tertiary/aromatic N) is 3. The highest BCUT2D eigenvalue weighted by Crippen LogP contribution is 2.34. The number of fused-ring (bicyclic) bond motifs is 1. The number of rotatable bonds is 5. The van der Waals surface area contributed by atoms with E-state index in [9.17, 15) is 4.79 Å². The van der Waals surface area contributed by atoms with E-state index >= 15 is 0 Å². The molecule has 5 aromatic rings. The largest absolute Gasteiger partial charge is 0.397 e. The van der Waals surface area contributed by atoms with Gasteiger partial charge >= 0.3 is 0 Å². The molecule has 0 bridgehead atoms. The van der Waals surface area contributed by atoms with Crippen LogP contribution in [0, 0.1) is 6.92 Å². The van der Waals surface area contributed by atoms with Gasteiger partial charge in [0.15, 0.2) is 5.13 Å². The molecule has 1 amide bonds. The molecule has 2 aromatic carbocycles. The van der Waals surface area contributed by atoms with Crippen LogP contribution in [0.25, 0.3) is 16.2 Å². The lowest BCUT2D eigenvalue weighted by Gasteiger charge is -2.08. The van der Waals surface area contributed by atoms with Crippen molar-refractivity contribution in [1.82, 2.24) is 14.4 Å². The number of nitrogens with two attached hydrogens (primary N) is 1. The Labute approximate surface area is 198 Å². The van der Waals surface area contributed by atoms with Crippen LogP contribution in [-0.2, 0) is 0 Å². The third-order valence-electron chi connectivity index (χ3n) is 5.12. The van der Waals surface area contributed by atoms with Gasteiger partial charge in [-0.3, -0.25) is 9.20 Å². The van der Waals surface area contributed by atoms with Crippen molar-refractivity contribution in [3.63, 3.8) is 0 Å². The molecule has 0 spiro atoms. The number of aryl methyl sites for hydroxylation is 1. The molecule has 3 heterocycles. The number of halogens is 1. The number of amides is 1. The molecule has 5 rings (SSSR count). The van der Waals surface area contributed by atoms with Gasteiger partial charge in [-0.2, -0.15) is 0 Å². The van der Waals surface area contributed by atoms with E-state index in [2.05, 4.69) is 20.6 Å². The zero-order valence-corrected chi connectivity index (χ0v) is 19.1. The number of carbonyl (C=O) groups excluding carboxylic acids is 1. The monoisotopic (exact) mass is 474 g/mol. The second-order valence-corrected chi connectivity index (χ2v) is 8.78. The molecule has 0 aliphatic carbocycles. The first kappa shape index (κ1) is 21.0. The highest BCUT2D eigenvalue weighted by molar-refractivity contribution is 7.18. The summed E-state index contributed by atoms with van der Waals surface area (Å²) in [5.74, 6) is -0.226. The number of nitrogens with one attached hydrogen (secondary N) is 2. The Morgan fingerprint density at radius 1 is 1.06 bits per heavy atom. The fourth-order valence-corrected chi connectivity index (χ4v) is 4.70. The van der Waals surface area contributed by atoms with Gasteiger partial charge in [0.25, 0.3) is 5.91 Å². The number of pyridine rings is 1. The van der Waals surface area contributed by atoms with Crippen molar-refractivity contribution in [2.75, 3.05) is 16.4 Å². The number of hydrogen-bond acceptors (Lipinski definition) is 6. The second-order valence-electron chi connectivity index (χ2n) is 7.36. The average molecular weight is 475 g/mol. The van der Waals surface area contributed by atoms with Crippen LogP contribution in [0.5, 0.6) is 0 Å². The first-order valence-corrected chi connectivity index (χ1v) is 11.3. The molecule has 0 atom stereocenters. The standard InChI is InChI=1S/C24H19ClN6OS/c1-14-22(31-20(25)7-4-8-21(31)28-14)19-13-27-24(33-19)29-16-11-9-15(10-12-16)23(32)30-18-6-3-2-5-17(18)26/h2-13H,26H2,1H3,(H,27,29)(H,30,32). The van der Waals surface area contributed by atoms with E-state index in [4.69, 9.17) is 17.3 Å². The molecule has 0 aliphatic rings. The summed E-state index contributed by atoms with van der Waals surface area (Å²) in [7, 11) is 0. The Hall–Kier alpha value is -3.88. The zero-order chi connectivity index (χ0) is 22.9. The SMILES string of the molecule is Cc1nc2cccc(Cl)n2c1-c1cnc(Nc2ccc(C(=O)Nc3ccccc3N)cc2)s1. The van der Waals surface area contributed by atoms with Gasteiger partial charge in [-0.25, -0.2) is 9.97 Å². The molecule has 33 heavy (non-hydrogen) atoms.